The van der Waals surface area contributed by atoms with Gasteiger partial charge in [0.25, 0.3) is 0 Å². The van der Waals surface area contributed by atoms with Crippen LogP contribution in [0.3, 0.4) is 0 Å². The second-order valence-corrected chi connectivity index (χ2v) is 11.2. The fraction of sp³-hybridized carbons (Fsp3) is 0.517. The van der Waals surface area contributed by atoms with E-state index in [4.69, 9.17) is 4.74 Å². The molecule has 0 heterocycles. The van der Waals surface area contributed by atoms with Crippen LogP contribution >= 0.6 is 0 Å². The highest BCUT2D eigenvalue weighted by molar-refractivity contribution is 5.91. The van der Waals surface area contributed by atoms with Crippen LogP contribution in [0.25, 0.3) is 0 Å². The number of anilines is 1. The first kappa shape index (κ1) is 23.5. The van der Waals surface area contributed by atoms with Crippen LogP contribution in [-0.2, 0) is 26.8 Å². The molecule has 0 aromatic heterocycles. The maximum atomic E-state index is 12.7. The van der Waals surface area contributed by atoms with E-state index in [0.717, 1.165) is 24.1 Å². The molecule has 1 fully saturated rings. The van der Waals surface area contributed by atoms with Crippen molar-refractivity contribution in [1.82, 2.24) is 0 Å². The van der Waals surface area contributed by atoms with Crippen LogP contribution in [0.4, 0.5) is 5.69 Å². The minimum Gasteiger partial charge on any atom is -0.462 e. The van der Waals surface area contributed by atoms with Gasteiger partial charge in [-0.05, 0) is 83.4 Å². The number of carbonyl (C=O) groups is 2. The number of rotatable bonds is 7. The van der Waals surface area contributed by atoms with Crippen molar-refractivity contribution in [1.29, 1.82) is 0 Å². The topological polar surface area (TPSA) is 55.4 Å². The maximum Gasteiger partial charge on any atom is 0.338 e. The molecule has 0 bridgehead atoms. The largest absolute Gasteiger partial charge is 0.462 e. The molecule has 4 heteroatoms. The summed E-state index contributed by atoms with van der Waals surface area (Å²) in [5.74, 6) is 0.390. The number of hydrogen-bond acceptors (Lipinski definition) is 3. The van der Waals surface area contributed by atoms with Gasteiger partial charge in [-0.25, -0.2) is 4.79 Å². The summed E-state index contributed by atoms with van der Waals surface area (Å²) < 4.78 is 5.59. The zero-order valence-corrected chi connectivity index (χ0v) is 20.5. The first-order valence-corrected chi connectivity index (χ1v) is 12.3. The summed E-state index contributed by atoms with van der Waals surface area (Å²) in [5.41, 5.74) is 5.34. The van der Waals surface area contributed by atoms with Crippen LogP contribution in [0, 0.1) is 5.92 Å². The van der Waals surface area contributed by atoms with Crippen LogP contribution < -0.4 is 5.32 Å². The van der Waals surface area contributed by atoms with Gasteiger partial charge in [0.05, 0.1) is 12.2 Å². The predicted molar refractivity (Wildman–Crippen MR) is 133 cm³/mol. The molecular weight excluding hydrogens is 410 g/mol. The molecule has 2 aromatic rings. The Morgan fingerprint density at radius 3 is 2.24 bits per heavy atom. The molecule has 0 spiro atoms. The molecule has 0 radical (unpaired) electrons. The van der Waals surface area contributed by atoms with Crippen molar-refractivity contribution in [3.05, 3.63) is 64.7 Å². The number of carbonyl (C=O) groups excluding carboxylic acids is 2. The molecular formula is C29H37NO3. The van der Waals surface area contributed by atoms with Crippen molar-refractivity contribution in [3.8, 4) is 0 Å². The average Bonchev–Trinajstić information content (AvgIpc) is 2.75. The number of nitrogens with one attached hydrogen (secondary N) is 1. The van der Waals surface area contributed by atoms with Crippen molar-refractivity contribution in [2.24, 2.45) is 5.92 Å². The van der Waals surface area contributed by atoms with Crippen molar-refractivity contribution >= 4 is 17.6 Å². The molecule has 1 N–H and O–H groups in total. The van der Waals surface area contributed by atoms with Crippen molar-refractivity contribution in [2.45, 2.75) is 83.5 Å². The number of esters is 1. The van der Waals surface area contributed by atoms with E-state index < -0.39 is 0 Å². The summed E-state index contributed by atoms with van der Waals surface area (Å²) in [6.45, 7) is 9.41. The van der Waals surface area contributed by atoms with Gasteiger partial charge in [-0.15, -0.1) is 0 Å². The van der Waals surface area contributed by atoms with E-state index in [1.54, 1.807) is 0 Å². The molecule has 4 nitrogen and oxygen atoms in total. The van der Waals surface area contributed by atoms with E-state index >= 15 is 0 Å². The Hall–Kier alpha value is -2.62. The van der Waals surface area contributed by atoms with Gasteiger partial charge in [0.15, 0.2) is 0 Å². The first-order chi connectivity index (χ1) is 15.6. The van der Waals surface area contributed by atoms with Crippen molar-refractivity contribution in [3.63, 3.8) is 0 Å². The third-order valence-corrected chi connectivity index (χ3v) is 7.65. The molecule has 33 heavy (non-hydrogen) atoms. The van der Waals surface area contributed by atoms with Gasteiger partial charge >= 0.3 is 5.97 Å². The fourth-order valence-electron chi connectivity index (χ4n) is 4.99. The number of ether oxygens (including phenoxy) is 1. The molecule has 1 saturated carbocycles. The van der Waals surface area contributed by atoms with Gasteiger partial charge in [-0.3, -0.25) is 4.79 Å². The number of benzene rings is 2. The lowest BCUT2D eigenvalue weighted by molar-refractivity contribution is -0.117. The number of fused-ring (bicyclic) bond motifs is 1. The molecule has 2 aliphatic carbocycles. The van der Waals surface area contributed by atoms with Gasteiger partial charge in [0.1, 0.15) is 0 Å². The third kappa shape index (κ3) is 5.48. The Bertz CT molecular complexity index is 1020. The predicted octanol–water partition coefficient (Wildman–Crippen LogP) is 6.56. The maximum absolute atomic E-state index is 12.7. The average molecular weight is 448 g/mol. The monoisotopic (exact) mass is 447 g/mol. The second kappa shape index (κ2) is 9.32. The molecule has 0 atom stereocenters. The lowest BCUT2D eigenvalue weighted by Crippen LogP contribution is -2.34. The van der Waals surface area contributed by atoms with Crippen LogP contribution in [0.5, 0.6) is 0 Å². The molecule has 2 aliphatic rings. The molecule has 4 rings (SSSR count). The smallest absolute Gasteiger partial charge is 0.338 e. The first-order valence-electron chi connectivity index (χ1n) is 12.3. The minimum absolute atomic E-state index is 0.0657. The number of hydrogen-bond donors (Lipinski definition) is 1. The molecule has 176 valence electrons. The molecule has 0 aliphatic heterocycles. The summed E-state index contributed by atoms with van der Waals surface area (Å²) in [6, 6.07) is 13.9. The van der Waals surface area contributed by atoms with Gasteiger partial charge in [-0.1, -0.05) is 52.3 Å². The van der Waals surface area contributed by atoms with E-state index in [1.165, 1.54) is 30.4 Å². The van der Waals surface area contributed by atoms with Gasteiger partial charge in [0, 0.05) is 18.5 Å². The lowest BCUT2D eigenvalue weighted by Gasteiger charge is -2.41. The van der Waals surface area contributed by atoms with E-state index in [1.807, 2.05) is 36.4 Å². The van der Waals surface area contributed by atoms with Crippen LogP contribution in [0.2, 0.25) is 0 Å². The highest BCUT2D eigenvalue weighted by atomic mass is 16.5. The summed E-state index contributed by atoms with van der Waals surface area (Å²) >= 11 is 0. The molecule has 0 saturated heterocycles. The summed E-state index contributed by atoms with van der Waals surface area (Å²) in [4.78, 5) is 24.8. The van der Waals surface area contributed by atoms with Crippen LogP contribution in [0.1, 0.15) is 93.3 Å². The fourth-order valence-corrected chi connectivity index (χ4v) is 4.99. The highest BCUT2D eigenvalue weighted by Crippen LogP contribution is 2.45. The molecule has 2 aromatic carbocycles. The highest BCUT2D eigenvalue weighted by Gasteiger charge is 2.37. The van der Waals surface area contributed by atoms with Crippen LogP contribution in [-0.4, -0.2) is 18.5 Å². The Labute approximate surface area is 198 Å². The quantitative estimate of drug-likeness (QED) is 0.489. The summed E-state index contributed by atoms with van der Waals surface area (Å²) in [7, 11) is 0. The Morgan fingerprint density at radius 2 is 1.61 bits per heavy atom. The van der Waals surface area contributed by atoms with Gasteiger partial charge in [-0.2, -0.15) is 0 Å². The van der Waals surface area contributed by atoms with E-state index in [0.29, 0.717) is 30.9 Å². The lowest BCUT2D eigenvalue weighted by atomic mass is 9.63. The Balaban J connectivity index is 1.30. The zero-order chi connectivity index (χ0) is 23.6. The van der Waals surface area contributed by atoms with Crippen molar-refractivity contribution < 1.29 is 14.3 Å². The third-order valence-electron chi connectivity index (χ3n) is 7.65. The van der Waals surface area contributed by atoms with Gasteiger partial charge in [0.2, 0.25) is 5.91 Å². The number of amides is 1. The van der Waals surface area contributed by atoms with E-state index in [9.17, 15) is 9.59 Å². The van der Waals surface area contributed by atoms with Crippen LogP contribution in [0.15, 0.2) is 42.5 Å². The summed E-state index contributed by atoms with van der Waals surface area (Å²) in [5, 5.41) is 2.98. The standard InChI is InChI=1S/C29H37NO3/c1-28(2)15-16-29(3,4)25-19-22(10-13-24(25)28)27(32)33-17-14-20-8-11-23(12-9-20)30-26(31)18-21-6-5-7-21/h8-13,19,21H,5-7,14-18H2,1-4H3,(H,30,31). The molecule has 1 amide bonds. The SMILES string of the molecule is CC1(C)CCC(C)(C)c2cc(C(=O)OCCc3ccc(NC(=O)CC4CCC4)cc3)ccc21. The minimum atomic E-state index is -0.267. The summed E-state index contributed by atoms with van der Waals surface area (Å²) in [6.07, 6.45) is 7.13. The molecule has 0 unspecified atom stereocenters. The Kier molecular flexibility index (Phi) is 6.65. The van der Waals surface area contributed by atoms with E-state index in [-0.39, 0.29) is 22.7 Å². The van der Waals surface area contributed by atoms with Crippen molar-refractivity contribution in [2.75, 3.05) is 11.9 Å². The second-order valence-electron chi connectivity index (χ2n) is 11.2. The zero-order valence-electron chi connectivity index (χ0n) is 20.5. The van der Waals surface area contributed by atoms with E-state index in [2.05, 4.69) is 39.1 Å². The van der Waals surface area contributed by atoms with Gasteiger partial charge < -0.3 is 10.1 Å². The normalized spacial score (nSPS) is 18.7. The Morgan fingerprint density at radius 1 is 0.939 bits per heavy atom.